The minimum atomic E-state index is 0.514. The molecule has 1 aromatic rings. The Morgan fingerprint density at radius 2 is 2.27 bits per heavy atom. The summed E-state index contributed by atoms with van der Waals surface area (Å²) >= 11 is 4.85. The molecule has 82 valence electrons. The number of hydrogen-bond donors (Lipinski definition) is 1. The molecule has 0 unspecified atom stereocenters. The van der Waals surface area contributed by atoms with Gasteiger partial charge in [-0.25, -0.2) is 0 Å². The Hall–Kier alpha value is -1.13. The number of methoxy groups -OCH3 is 1. The second-order valence-electron chi connectivity index (χ2n) is 3.49. The molecule has 3 nitrogen and oxygen atoms in total. The third kappa shape index (κ3) is 4.27. The molecule has 0 heterocycles. The monoisotopic (exact) mass is 224 g/mol. The fourth-order valence-corrected chi connectivity index (χ4v) is 1.62. The van der Waals surface area contributed by atoms with E-state index >= 15 is 0 Å². The van der Waals surface area contributed by atoms with E-state index in [4.69, 9.17) is 22.7 Å². The summed E-state index contributed by atoms with van der Waals surface area (Å²) in [5.74, 6) is 0.872. The molecule has 0 fully saturated rings. The second-order valence-corrected chi connectivity index (χ2v) is 4.01. The van der Waals surface area contributed by atoms with Gasteiger partial charge in [-0.15, -0.1) is 0 Å². The number of rotatable bonds is 5. The number of nitrogens with two attached hydrogens (primary N) is 1. The van der Waals surface area contributed by atoms with E-state index in [0.29, 0.717) is 11.5 Å². The van der Waals surface area contributed by atoms with Gasteiger partial charge in [-0.05, 0) is 24.7 Å². The van der Waals surface area contributed by atoms with Crippen LogP contribution >= 0.6 is 12.2 Å². The molecule has 1 rings (SSSR count). The zero-order valence-corrected chi connectivity index (χ0v) is 9.88. The molecule has 15 heavy (non-hydrogen) atoms. The summed E-state index contributed by atoms with van der Waals surface area (Å²) in [5, 5.41) is 0. The molecule has 0 aliphatic heterocycles. The molecule has 0 aromatic heterocycles. The maximum atomic E-state index is 5.47. The van der Waals surface area contributed by atoms with Gasteiger partial charge in [0, 0.05) is 13.1 Å². The van der Waals surface area contributed by atoms with E-state index in [-0.39, 0.29) is 0 Å². The number of thiocarbonyl (C=S) groups is 1. The van der Waals surface area contributed by atoms with Gasteiger partial charge in [0.15, 0.2) is 0 Å². The number of hydrogen-bond acceptors (Lipinski definition) is 3. The molecule has 0 aliphatic carbocycles. The van der Waals surface area contributed by atoms with Gasteiger partial charge >= 0.3 is 0 Å². The minimum absolute atomic E-state index is 0.514. The number of ether oxygens (including phenoxy) is 1. The van der Waals surface area contributed by atoms with Crippen molar-refractivity contribution < 1.29 is 4.74 Å². The van der Waals surface area contributed by atoms with Crippen LogP contribution in [0.2, 0.25) is 0 Å². The topological polar surface area (TPSA) is 38.5 Å². The highest BCUT2D eigenvalue weighted by atomic mass is 32.1. The van der Waals surface area contributed by atoms with Crippen LogP contribution in [0.3, 0.4) is 0 Å². The summed E-state index contributed by atoms with van der Waals surface area (Å²) in [6.45, 7) is 1.45. The predicted molar refractivity (Wildman–Crippen MR) is 66.1 cm³/mol. The van der Waals surface area contributed by atoms with Crippen LogP contribution in [0.25, 0.3) is 0 Å². The normalized spacial score (nSPS) is 10.3. The van der Waals surface area contributed by atoms with Gasteiger partial charge in [0.25, 0.3) is 0 Å². The maximum Gasteiger partial charge on any atom is 0.119 e. The third-order valence-corrected chi connectivity index (χ3v) is 2.14. The molecule has 0 radical (unpaired) electrons. The minimum Gasteiger partial charge on any atom is -0.497 e. The lowest BCUT2D eigenvalue weighted by Crippen LogP contribution is -2.28. The summed E-state index contributed by atoms with van der Waals surface area (Å²) in [4.78, 5) is 2.58. The highest BCUT2D eigenvalue weighted by molar-refractivity contribution is 7.80. The molecule has 0 bridgehead atoms. The molecular weight excluding hydrogens is 208 g/mol. The van der Waals surface area contributed by atoms with Crippen molar-refractivity contribution in [3.63, 3.8) is 0 Å². The molecule has 2 N–H and O–H groups in total. The van der Waals surface area contributed by atoms with Crippen molar-refractivity contribution >= 4 is 17.2 Å². The first-order valence-electron chi connectivity index (χ1n) is 4.71. The molecule has 0 atom stereocenters. The van der Waals surface area contributed by atoms with Crippen molar-refractivity contribution in [2.24, 2.45) is 5.73 Å². The highest BCUT2D eigenvalue weighted by Crippen LogP contribution is 2.13. The number of nitrogens with zero attached hydrogens (tertiary/aromatic N) is 1. The molecule has 0 aliphatic rings. The predicted octanol–water partition coefficient (Wildman–Crippen LogP) is 1.41. The second kappa shape index (κ2) is 5.68. The van der Waals surface area contributed by atoms with Crippen LogP contribution < -0.4 is 10.5 Å². The van der Waals surface area contributed by atoms with E-state index in [9.17, 15) is 0 Å². The average molecular weight is 224 g/mol. The van der Waals surface area contributed by atoms with Crippen LogP contribution in [0.4, 0.5) is 0 Å². The molecule has 0 saturated heterocycles. The Bertz CT molecular complexity index is 341. The molecule has 0 spiro atoms. The largest absolute Gasteiger partial charge is 0.497 e. The van der Waals surface area contributed by atoms with Crippen LogP contribution in [0.15, 0.2) is 24.3 Å². The SMILES string of the molecule is COc1cccc(CN(C)CC(N)=S)c1. The lowest BCUT2D eigenvalue weighted by molar-refractivity contribution is 0.372. The Morgan fingerprint density at radius 3 is 2.87 bits per heavy atom. The van der Waals surface area contributed by atoms with Crippen molar-refractivity contribution in [2.75, 3.05) is 20.7 Å². The van der Waals surface area contributed by atoms with Gasteiger partial charge in [-0.1, -0.05) is 24.4 Å². The summed E-state index contributed by atoms with van der Waals surface area (Å²) < 4.78 is 5.15. The van der Waals surface area contributed by atoms with E-state index in [0.717, 1.165) is 12.3 Å². The highest BCUT2D eigenvalue weighted by Gasteiger charge is 2.02. The number of benzene rings is 1. The van der Waals surface area contributed by atoms with Crippen LogP contribution in [-0.2, 0) is 6.54 Å². The van der Waals surface area contributed by atoms with Gasteiger partial charge in [0.05, 0.1) is 12.1 Å². The maximum absolute atomic E-state index is 5.47. The third-order valence-electron chi connectivity index (χ3n) is 2.01. The molecule has 0 saturated carbocycles. The van der Waals surface area contributed by atoms with Crippen molar-refractivity contribution in [3.05, 3.63) is 29.8 Å². The molecular formula is C11H16N2OS. The van der Waals surface area contributed by atoms with E-state index in [1.54, 1.807) is 7.11 Å². The lowest BCUT2D eigenvalue weighted by atomic mass is 10.2. The summed E-state index contributed by atoms with van der Waals surface area (Å²) in [7, 11) is 3.65. The lowest BCUT2D eigenvalue weighted by Gasteiger charge is -2.15. The Morgan fingerprint density at radius 1 is 1.53 bits per heavy atom. The summed E-state index contributed by atoms with van der Waals surface area (Å²) in [5.41, 5.74) is 6.66. The fourth-order valence-electron chi connectivity index (χ4n) is 1.40. The first-order valence-corrected chi connectivity index (χ1v) is 5.12. The quantitative estimate of drug-likeness (QED) is 0.768. The smallest absolute Gasteiger partial charge is 0.119 e. The van der Waals surface area contributed by atoms with Gasteiger partial charge in [-0.2, -0.15) is 0 Å². The van der Waals surface area contributed by atoms with Crippen molar-refractivity contribution in [2.45, 2.75) is 6.54 Å². The molecule has 4 heteroatoms. The molecule has 1 aromatic carbocycles. The van der Waals surface area contributed by atoms with Crippen molar-refractivity contribution in [1.82, 2.24) is 4.90 Å². The van der Waals surface area contributed by atoms with Crippen molar-refractivity contribution in [3.8, 4) is 5.75 Å². The fraction of sp³-hybridized carbons (Fsp3) is 0.364. The standard InChI is InChI=1S/C11H16N2OS/c1-13(8-11(12)15)7-9-4-3-5-10(6-9)14-2/h3-6H,7-8H2,1-2H3,(H2,12,15). The first-order chi connectivity index (χ1) is 7.11. The van der Waals surface area contributed by atoms with E-state index in [1.165, 1.54) is 5.56 Å². The van der Waals surface area contributed by atoms with Gasteiger partial charge in [0.1, 0.15) is 5.75 Å². The Kier molecular flexibility index (Phi) is 4.52. The average Bonchev–Trinajstić information content (AvgIpc) is 2.16. The van der Waals surface area contributed by atoms with Crippen molar-refractivity contribution in [1.29, 1.82) is 0 Å². The summed E-state index contributed by atoms with van der Waals surface area (Å²) in [6.07, 6.45) is 0. The van der Waals surface area contributed by atoms with E-state index in [1.807, 2.05) is 25.2 Å². The van der Waals surface area contributed by atoms with Crippen LogP contribution in [-0.4, -0.2) is 30.6 Å². The van der Waals surface area contributed by atoms with Crippen LogP contribution in [0.5, 0.6) is 5.75 Å². The Balaban J connectivity index is 2.59. The molecule has 0 amide bonds. The zero-order chi connectivity index (χ0) is 11.3. The van der Waals surface area contributed by atoms with Gasteiger partial charge in [-0.3, -0.25) is 4.90 Å². The summed E-state index contributed by atoms with van der Waals surface area (Å²) in [6, 6.07) is 7.97. The first kappa shape index (κ1) is 11.9. The van der Waals surface area contributed by atoms with Crippen LogP contribution in [0, 0.1) is 0 Å². The van der Waals surface area contributed by atoms with Gasteiger partial charge < -0.3 is 10.5 Å². The van der Waals surface area contributed by atoms with E-state index < -0.39 is 0 Å². The van der Waals surface area contributed by atoms with E-state index in [2.05, 4.69) is 11.0 Å². The Labute approximate surface area is 95.8 Å². The zero-order valence-electron chi connectivity index (χ0n) is 9.06. The van der Waals surface area contributed by atoms with Gasteiger partial charge in [0.2, 0.25) is 0 Å². The number of likely N-dealkylation sites (N-methyl/N-ethyl adjacent to an activating group) is 1. The van der Waals surface area contributed by atoms with Crippen LogP contribution in [0.1, 0.15) is 5.56 Å².